The Balaban J connectivity index is 2.09. The van der Waals surface area contributed by atoms with Gasteiger partial charge in [-0.05, 0) is 33.6 Å². The Hall–Kier alpha value is -1.33. The van der Waals surface area contributed by atoms with Crippen molar-refractivity contribution in [2.75, 3.05) is 0 Å². The predicted molar refractivity (Wildman–Crippen MR) is 76.8 cm³/mol. The molecule has 0 fully saturated rings. The summed E-state index contributed by atoms with van der Waals surface area (Å²) in [5.41, 5.74) is 1.09. The summed E-state index contributed by atoms with van der Waals surface area (Å²) >= 11 is 5.13. The van der Waals surface area contributed by atoms with Crippen molar-refractivity contribution in [3.05, 3.63) is 68.7 Å². The minimum atomic E-state index is -0.368. The maximum absolute atomic E-state index is 10.7. The largest absolute Gasteiger partial charge is 0.269 e. The van der Waals surface area contributed by atoms with Crippen molar-refractivity contribution in [2.45, 2.75) is 10.6 Å². The number of nitro groups is 1. The van der Waals surface area contributed by atoms with E-state index in [1.165, 1.54) is 6.07 Å². The number of non-ortho nitro benzene ring substituents is 1. The molecule has 0 unspecified atom stereocenters. The summed E-state index contributed by atoms with van der Waals surface area (Å²) in [6, 6.07) is 14.7. The van der Waals surface area contributed by atoms with E-state index in [9.17, 15) is 10.1 Å². The van der Waals surface area contributed by atoms with Crippen LogP contribution < -0.4 is 0 Å². The average Bonchev–Trinajstić information content (AvgIpc) is 2.38. The van der Waals surface area contributed by atoms with Gasteiger partial charge in [0.2, 0.25) is 0 Å². The number of rotatable bonds is 4. The highest BCUT2D eigenvalue weighted by atomic mass is 79.9. The minimum Gasteiger partial charge on any atom is -0.258 e. The Morgan fingerprint density at radius 1 is 1.17 bits per heavy atom. The fourth-order valence-electron chi connectivity index (χ4n) is 1.48. The van der Waals surface area contributed by atoms with Crippen molar-refractivity contribution in [1.29, 1.82) is 0 Å². The number of nitrogens with zero attached hydrogens (tertiary/aromatic N) is 1. The molecule has 2 aromatic rings. The molecule has 0 aliphatic heterocycles. The molecule has 5 heteroatoms. The number of thioether (sulfide) groups is 1. The molecule has 3 nitrogen and oxygen atoms in total. The highest BCUT2D eigenvalue weighted by Crippen LogP contribution is 2.30. The monoisotopic (exact) mass is 323 g/mol. The highest BCUT2D eigenvalue weighted by Gasteiger charge is 2.06. The minimum absolute atomic E-state index is 0.139. The standard InChI is InChI=1S/C13H10BrNO2S/c14-12-6-1-2-7-13(12)18-9-10-4-3-5-11(8-10)15(16)17/h1-8H,9H2. The lowest BCUT2D eigenvalue weighted by molar-refractivity contribution is -0.384. The maximum Gasteiger partial charge on any atom is 0.269 e. The molecule has 2 rings (SSSR count). The quantitative estimate of drug-likeness (QED) is 0.467. The second-order valence-corrected chi connectivity index (χ2v) is 5.52. The van der Waals surface area contributed by atoms with E-state index in [0.717, 1.165) is 14.9 Å². The molecule has 2 aromatic carbocycles. The van der Waals surface area contributed by atoms with Crippen LogP contribution in [0.15, 0.2) is 57.9 Å². The van der Waals surface area contributed by atoms with Crippen LogP contribution >= 0.6 is 27.7 Å². The molecule has 0 saturated carbocycles. The molecule has 0 amide bonds. The highest BCUT2D eigenvalue weighted by molar-refractivity contribution is 9.10. The first-order chi connectivity index (χ1) is 8.66. The SMILES string of the molecule is O=[N+]([O-])c1cccc(CSc2ccccc2Br)c1. The first-order valence-corrected chi connectivity index (χ1v) is 7.05. The van der Waals surface area contributed by atoms with Gasteiger partial charge in [-0.15, -0.1) is 11.8 Å². The van der Waals surface area contributed by atoms with Gasteiger partial charge in [-0.3, -0.25) is 10.1 Å². The molecule has 0 spiro atoms. The molecule has 0 atom stereocenters. The van der Waals surface area contributed by atoms with E-state index < -0.39 is 0 Å². The van der Waals surface area contributed by atoms with E-state index in [0.29, 0.717) is 5.75 Å². The third kappa shape index (κ3) is 3.34. The summed E-state index contributed by atoms with van der Waals surface area (Å²) in [5, 5.41) is 10.7. The van der Waals surface area contributed by atoms with Gasteiger partial charge in [-0.2, -0.15) is 0 Å². The second kappa shape index (κ2) is 6.02. The van der Waals surface area contributed by atoms with Crippen molar-refractivity contribution < 1.29 is 4.92 Å². The van der Waals surface area contributed by atoms with Gasteiger partial charge in [-0.25, -0.2) is 0 Å². The van der Waals surface area contributed by atoms with Crippen LogP contribution in [0.3, 0.4) is 0 Å². The fourth-order valence-corrected chi connectivity index (χ4v) is 2.99. The van der Waals surface area contributed by atoms with Crippen molar-refractivity contribution in [3.63, 3.8) is 0 Å². The van der Waals surface area contributed by atoms with Gasteiger partial charge in [0.1, 0.15) is 0 Å². The molecule has 0 heterocycles. The van der Waals surface area contributed by atoms with Gasteiger partial charge in [0.15, 0.2) is 0 Å². The molecule has 0 saturated heterocycles. The molecule has 0 bridgehead atoms. The molecule has 0 aromatic heterocycles. The van der Waals surface area contributed by atoms with Crippen LogP contribution in [0.1, 0.15) is 5.56 Å². The van der Waals surface area contributed by atoms with E-state index in [-0.39, 0.29) is 10.6 Å². The Bertz CT molecular complexity index is 574. The first-order valence-electron chi connectivity index (χ1n) is 5.27. The summed E-state index contributed by atoms with van der Waals surface area (Å²) in [6.07, 6.45) is 0. The average molecular weight is 324 g/mol. The van der Waals surface area contributed by atoms with Gasteiger partial charge in [0.25, 0.3) is 5.69 Å². The fraction of sp³-hybridized carbons (Fsp3) is 0.0769. The summed E-state index contributed by atoms with van der Waals surface area (Å²) in [6.45, 7) is 0. The maximum atomic E-state index is 10.7. The van der Waals surface area contributed by atoms with E-state index in [2.05, 4.69) is 15.9 Å². The zero-order valence-corrected chi connectivity index (χ0v) is 11.8. The van der Waals surface area contributed by atoms with E-state index in [1.807, 2.05) is 30.3 Å². The van der Waals surface area contributed by atoms with Crippen LogP contribution in [0.2, 0.25) is 0 Å². The Labute approximate surface area is 117 Å². The zero-order chi connectivity index (χ0) is 13.0. The third-order valence-electron chi connectivity index (χ3n) is 2.35. The van der Waals surface area contributed by atoms with E-state index in [4.69, 9.17) is 0 Å². The smallest absolute Gasteiger partial charge is 0.258 e. The number of nitro benzene ring substituents is 1. The van der Waals surface area contributed by atoms with Crippen LogP contribution in [0.4, 0.5) is 5.69 Å². The summed E-state index contributed by atoms with van der Waals surface area (Å²) in [4.78, 5) is 11.4. The molecule has 0 aliphatic carbocycles. The van der Waals surface area contributed by atoms with E-state index in [1.54, 1.807) is 23.9 Å². The Morgan fingerprint density at radius 2 is 1.94 bits per heavy atom. The molecular weight excluding hydrogens is 314 g/mol. The van der Waals surface area contributed by atoms with Crippen LogP contribution in [-0.2, 0) is 5.75 Å². The van der Waals surface area contributed by atoms with Crippen LogP contribution in [0.25, 0.3) is 0 Å². The third-order valence-corrected chi connectivity index (χ3v) is 4.45. The molecular formula is C13H10BrNO2S. The van der Waals surface area contributed by atoms with Crippen LogP contribution in [0, 0.1) is 10.1 Å². The molecule has 92 valence electrons. The summed E-state index contributed by atoms with van der Waals surface area (Å²) in [7, 11) is 0. The number of hydrogen-bond donors (Lipinski definition) is 0. The van der Waals surface area contributed by atoms with Crippen molar-refractivity contribution in [3.8, 4) is 0 Å². The topological polar surface area (TPSA) is 43.1 Å². The summed E-state index contributed by atoms with van der Waals surface area (Å²) < 4.78 is 1.04. The molecule has 0 radical (unpaired) electrons. The lowest BCUT2D eigenvalue weighted by Gasteiger charge is -2.04. The molecule has 0 N–H and O–H groups in total. The summed E-state index contributed by atoms with van der Waals surface area (Å²) in [5.74, 6) is 0.713. The zero-order valence-electron chi connectivity index (χ0n) is 9.38. The van der Waals surface area contributed by atoms with Gasteiger partial charge in [0.05, 0.1) is 4.92 Å². The van der Waals surface area contributed by atoms with Gasteiger partial charge in [0, 0.05) is 27.3 Å². The number of benzene rings is 2. The van der Waals surface area contributed by atoms with Gasteiger partial charge < -0.3 is 0 Å². The van der Waals surface area contributed by atoms with Crippen molar-refractivity contribution in [1.82, 2.24) is 0 Å². The molecule has 0 aliphatic rings. The number of halogens is 1. The lowest BCUT2D eigenvalue weighted by Crippen LogP contribution is -1.89. The van der Waals surface area contributed by atoms with Gasteiger partial charge in [-0.1, -0.05) is 24.3 Å². The molecule has 18 heavy (non-hydrogen) atoms. The predicted octanol–water partition coefficient (Wildman–Crippen LogP) is 4.65. The first kappa shape index (κ1) is 13.1. The lowest BCUT2D eigenvalue weighted by atomic mass is 10.2. The number of hydrogen-bond acceptors (Lipinski definition) is 3. The van der Waals surface area contributed by atoms with Crippen LogP contribution in [0.5, 0.6) is 0 Å². The normalized spacial score (nSPS) is 10.3. The van der Waals surface area contributed by atoms with Crippen molar-refractivity contribution >= 4 is 33.4 Å². The Kier molecular flexibility index (Phi) is 4.38. The van der Waals surface area contributed by atoms with Gasteiger partial charge >= 0.3 is 0 Å². The van der Waals surface area contributed by atoms with Crippen LogP contribution in [-0.4, -0.2) is 4.92 Å². The van der Waals surface area contributed by atoms with Crippen molar-refractivity contribution in [2.24, 2.45) is 0 Å². The van der Waals surface area contributed by atoms with E-state index >= 15 is 0 Å². The Morgan fingerprint density at radius 3 is 2.67 bits per heavy atom. The second-order valence-electron chi connectivity index (χ2n) is 3.65.